The fourth-order valence-corrected chi connectivity index (χ4v) is 6.77. The molecule has 1 N–H and O–H groups in total. The van der Waals surface area contributed by atoms with Gasteiger partial charge in [0.15, 0.2) is 0 Å². The lowest BCUT2D eigenvalue weighted by Gasteiger charge is -2.34. The molecule has 1 amide bonds. The fraction of sp³-hybridized carbons (Fsp3) is 0.706. The second kappa shape index (κ2) is 14.2. The third-order valence-electron chi connectivity index (χ3n) is 8.57. The molecule has 1 aromatic carbocycles. The Kier molecular flexibility index (Phi) is 11.5. The van der Waals surface area contributed by atoms with E-state index >= 15 is 0 Å². The summed E-state index contributed by atoms with van der Waals surface area (Å²) in [6, 6.07) is 5.95. The largest absolute Gasteiger partial charge is 0.493 e. The third-order valence-corrected chi connectivity index (χ3v) is 8.57. The van der Waals surface area contributed by atoms with Crippen LogP contribution in [0.3, 0.4) is 0 Å². The Morgan fingerprint density at radius 1 is 1.15 bits per heavy atom. The van der Waals surface area contributed by atoms with Gasteiger partial charge >= 0.3 is 5.97 Å². The average molecular weight is 571 g/mol. The van der Waals surface area contributed by atoms with E-state index < -0.39 is 11.9 Å². The summed E-state index contributed by atoms with van der Waals surface area (Å²) in [5.74, 6) is -0.499. The van der Waals surface area contributed by atoms with E-state index in [1.807, 2.05) is 17.0 Å². The normalized spacial score (nSPS) is 20.9. The van der Waals surface area contributed by atoms with Crippen LogP contribution in [0, 0.1) is 11.3 Å². The first-order valence-corrected chi connectivity index (χ1v) is 15.7. The van der Waals surface area contributed by atoms with Gasteiger partial charge in [-0.15, -0.1) is 0 Å². The maximum Gasteiger partial charge on any atom is 0.308 e. The van der Waals surface area contributed by atoms with E-state index in [0.717, 1.165) is 73.1 Å². The number of nitrogens with zero attached hydrogens (tertiary/aromatic N) is 3. The lowest BCUT2D eigenvalue weighted by molar-refractivity contribution is -0.870. The van der Waals surface area contributed by atoms with Crippen molar-refractivity contribution >= 4 is 11.9 Å². The van der Waals surface area contributed by atoms with Crippen molar-refractivity contribution in [2.45, 2.75) is 85.1 Å². The molecule has 3 atom stereocenters. The van der Waals surface area contributed by atoms with Crippen LogP contribution >= 0.6 is 0 Å². The van der Waals surface area contributed by atoms with Gasteiger partial charge < -0.3 is 19.2 Å². The van der Waals surface area contributed by atoms with E-state index in [-0.39, 0.29) is 29.8 Å². The van der Waals surface area contributed by atoms with Gasteiger partial charge in [-0.2, -0.15) is 0 Å². The summed E-state index contributed by atoms with van der Waals surface area (Å²) in [6.07, 6.45) is 7.87. The quantitative estimate of drug-likeness (QED) is 0.169. The Balaban J connectivity index is 1.87. The molecular formula is C34H56N3O4+. The number of unbranched alkanes of at least 4 members (excludes halogenated alkanes) is 2. The molecule has 2 aliphatic heterocycles. The third kappa shape index (κ3) is 9.57. The average Bonchev–Trinajstić information content (AvgIpc) is 3.46. The van der Waals surface area contributed by atoms with Crippen LogP contribution in [0.1, 0.15) is 83.8 Å². The van der Waals surface area contributed by atoms with Gasteiger partial charge in [-0.25, -0.2) is 0 Å². The molecule has 0 radical (unpaired) electrons. The summed E-state index contributed by atoms with van der Waals surface area (Å²) in [5.41, 5.74) is 3.23. The number of benzene rings is 1. The van der Waals surface area contributed by atoms with Gasteiger partial charge in [-0.3, -0.25) is 14.5 Å². The summed E-state index contributed by atoms with van der Waals surface area (Å²) >= 11 is 0. The molecule has 2 heterocycles. The minimum absolute atomic E-state index is 0.126. The zero-order valence-electron chi connectivity index (χ0n) is 27.0. The first kappa shape index (κ1) is 33.1. The van der Waals surface area contributed by atoms with E-state index in [0.29, 0.717) is 19.6 Å². The van der Waals surface area contributed by atoms with Crippen LogP contribution in [-0.2, 0) is 16.0 Å². The predicted octanol–water partition coefficient (Wildman–Crippen LogP) is 5.59. The fourth-order valence-electron chi connectivity index (χ4n) is 6.77. The van der Waals surface area contributed by atoms with Gasteiger partial charge in [0.05, 0.1) is 46.8 Å². The van der Waals surface area contributed by atoms with E-state index in [1.165, 1.54) is 5.57 Å². The summed E-state index contributed by atoms with van der Waals surface area (Å²) < 4.78 is 6.64. The molecule has 0 aliphatic carbocycles. The summed E-state index contributed by atoms with van der Waals surface area (Å²) in [7, 11) is 6.61. The number of quaternary nitrogens is 1. The van der Waals surface area contributed by atoms with Crippen LogP contribution in [0.25, 0.3) is 0 Å². The molecule has 0 spiro atoms. The highest BCUT2D eigenvalue weighted by atomic mass is 16.5. The molecule has 3 rings (SSSR count). The Morgan fingerprint density at radius 3 is 2.49 bits per heavy atom. The number of allylic oxidation sites excluding steroid dienone is 2. The molecule has 230 valence electrons. The standard InChI is InChI=1S/C34H55N3O4/c1-9-10-16-35(17-11-12-18-37(6,7)8)31(38)24-36-23-28(26-13-14-30-27(20-26)15-19-41-30)32(33(39)40)29(36)22-34(4,5)21-25(2)3/h13-14,20-21,28-29,32H,9-12,15-19,22-24H2,1-8H3/p+1/t28-,29+,32-/m1/s1. The molecule has 0 aromatic heterocycles. The van der Waals surface area contributed by atoms with Crippen LogP contribution < -0.4 is 4.74 Å². The number of hydrogen-bond donors (Lipinski definition) is 1. The van der Waals surface area contributed by atoms with Crippen molar-refractivity contribution in [1.29, 1.82) is 0 Å². The van der Waals surface area contributed by atoms with Crippen LogP contribution in [0.4, 0.5) is 0 Å². The maximum absolute atomic E-state index is 13.9. The van der Waals surface area contributed by atoms with Gasteiger partial charge in [-0.05, 0) is 62.1 Å². The molecule has 0 bridgehead atoms. The Hall–Kier alpha value is -2.38. The Morgan fingerprint density at radius 2 is 1.85 bits per heavy atom. The molecule has 1 fully saturated rings. The molecule has 41 heavy (non-hydrogen) atoms. The number of hydrogen-bond acceptors (Lipinski definition) is 4. The molecule has 1 aromatic rings. The number of carbonyl (C=O) groups is 2. The lowest BCUT2D eigenvalue weighted by Crippen LogP contribution is -2.46. The van der Waals surface area contributed by atoms with Gasteiger partial charge in [0.2, 0.25) is 5.91 Å². The number of carboxylic acid groups (broad SMARTS) is 1. The smallest absolute Gasteiger partial charge is 0.308 e. The number of amides is 1. The zero-order valence-corrected chi connectivity index (χ0v) is 27.0. The highest BCUT2D eigenvalue weighted by Crippen LogP contribution is 2.44. The van der Waals surface area contributed by atoms with Gasteiger partial charge in [0.25, 0.3) is 0 Å². The van der Waals surface area contributed by atoms with Crippen LogP contribution in [0.15, 0.2) is 29.8 Å². The summed E-state index contributed by atoms with van der Waals surface area (Å²) in [5, 5.41) is 10.6. The molecule has 1 saturated heterocycles. The highest BCUT2D eigenvalue weighted by Gasteiger charge is 2.48. The molecule has 7 heteroatoms. The molecule has 2 aliphatic rings. The van der Waals surface area contributed by atoms with Crippen LogP contribution in [0.5, 0.6) is 5.75 Å². The van der Waals surface area contributed by atoms with E-state index in [2.05, 4.69) is 72.8 Å². The van der Waals surface area contributed by atoms with Gasteiger partial charge in [0, 0.05) is 38.0 Å². The number of likely N-dealkylation sites (tertiary alicyclic amines) is 1. The van der Waals surface area contributed by atoms with Gasteiger partial charge in [0.1, 0.15) is 5.75 Å². The number of aliphatic carboxylic acids is 1. The number of ether oxygens (including phenoxy) is 1. The minimum atomic E-state index is -0.775. The van der Waals surface area contributed by atoms with Crippen molar-refractivity contribution in [2.75, 3.05) is 60.5 Å². The van der Waals surface area contributed by atoms with Crippen LogP contribution in [0.2, 0.25) is 0 Å². The summed E-state index contributed by atoms with van der Waals surface area (Å²) in [6.45, 7) is 14.8. The van der Waals surface area contributed by atoms with Crippen molar-refractivity contribution in [2.24, 2.45) is 11.3 Å². The topological polar surface area (TPSA) is 70.1 Å². The van der Waals surface area contributed by atoms with Crippen molar-refractivity contribution in [3.8, 4) is 5.75 Å². The van der Waals surface area contributed by atoms with E-state index in [9.17, 15) is 14.7 Å². The first-order valence-electron chi connectivity index (χ1n) is 15.7. The van der Waals surface area contributed by atoms with Crippen molar-refractivity contribution < 1.29 is 23.9 Å². The SMILES string of the molecule is CCCCN(CCCC[N+](C)(C)C)C(=O)CN1C[C@H](c2ccc3c(c2)CCO3)[C@@H](C(=O)O)[C@@H]1CC(C)(C)C=C(C)C. The molecular weight excluding hydrogens is 514 g/mol. The maximum atomic E-state index is 13.9. The predicted molar refractivity (Wildman–Crippen MR) is 166 cm³/mol. The lowest BCUT2D eigenvalue weighted by atomic mass is 9.77. The Bertz CT molecular complexity index is 1070. The minimum Gasteiger partial charge on any atom is -0.493 e. The molecule has 0 unspecified atom stereocenters. The van der Waals surface area contributed by atoms with E-state index in [4.69, 9.17) is 4.74 Å². The zero-order chi connectivity index (χ0) is 30.4. The summed E-state index contributed by atoms with van der Waals surface area (Å²) in [4.78, 5) is 31.0. The molecule has 0 saturated carbocycles. The van der Waals surface area contributed by atoms with Crippen molar-refractivity contribution in [3.63, 3.8) is 0 Å². The number of rotatable bonds is 15. The number of carbonyl (C=O) groups excluding carboxylic acids is 1. The van der Waals surface area contributed by atoms with Crippen molar-refractivity contribution in [3.05, 3.63) is 41.0 Å². The number of fused-ring (bicyclic) bond motifs is 1. The second-order valence-electron chi connectivity index (χ2n) is 14.3. The monoisotopic (exact) mass is 570 g/mol. The second-order valence-corrected chi connectivity index (χ2v) is 14.3. The van der Waals surface area contributed by atoms with Crippen LogP contribution in [-0.4, -0.2) is 97.8 Å². The number of carboxylic acids is 1. The van der Waals surface area contributed by atoms with Crippen molar-refractivity contribution in [1.82, 2.24) is 9.80 Å². The molecule has 7 nitrogen and oxygen atoms in total. The Labute approximate surface area is 249 Å². The van der Waals surface area contributed by atoms with Gasteiger partial charge in [-0.1, -0.05) is 51.0 Å². The van der Waals surface area contributed by atoms with E-state index in [1.54, 1.807) is 0 Å². The first-order chi connectivity index (χ1) is 19.2. The highest BCUT2D eigenvalue weighted by molar-refractivity contribution is 5.79.